The van der Waals surface area contributed by atoms with Gasteiger partial charge in [0.1, 0.15) is 0 Å². The van der Waals surface area contributed by atoms with E-state index in [-0.39, 0.29) is 11.8 Å². The first-order valence-corrected chi connectivity index (χ1v) is 8.19. The first kappa shape index (κ1) is 15.6. The van der Waals surface area contributed by atoms with Crippen molar-refractivity contribution >= 4 is 34.8 Å². The fraction of sp³-hybridized carbons (Fsp3) is 0.412. The number of imide groups is 1. The van der Waals surface area contributed by atoms with Crippen molar-refractivity contribution < 1.29 is 19.1 Å². The molecule has 1 aromatic carbocycles. The average molecular weight is 342 g/mol. The summed E-state index contributed by atoms with van der Waals surface area (Å²) in [6.45, 7) is 1.16. The maximum absolute atomic E-state index is 12.3. The van der Waals surface area contributed by atoms with Gasteiger partial charge < -0.3 is 14.6 Å². The quantitative estimate of drug-likeness (QED) is 0.623. The topological polar surface area (TPSA) is 104 Å². The largest absolute Gasteiger partial charge is 0.465 e. The van der Waals surface area contributed by atoms with E-state index >= 15 is 0 Å². The first-order chi connectivity index (χ1) is 12.0. The molecule has 2 aliphatic heterocycles. The SMILES string of the molecule is COC(=O)c1cccc2nc(N3CCC4(CCC(=O)NC4=O)C3)[nH]c12. The zero-order valence-electron chi connectivity index (χ0n) is 13.8. The zero-order chi connectivity index (χ0) is 17.6. The van der Waals surface area contributed by atoms with E-state index in [9.17, 15) is 14.4 Å². The van der Waals surface area contributed by atoms with Crippen molar-refractivity contribution in [2.45, 2.75) is 19.3 Å². The van der Waals surface area contributed by atoms with Crippen LogP contribution in [0.25, 0.3) is 11.0 Å². The van der Waals surface area contributed by atoms with Gasteiger partial charge in [-0.25, -0.2) is 9.78 Å². The highest BCUT2D eigenvalue weighted by atomic mass is 16.5. The summed E-state index contributed by atoms with van der Waals surface area (Å²) in [6, 6.07) is 5.26. The number of ether oxygens (including phenoxy) is 1. The van der Waals surface area contributed by atoms with Gasteiger partial charge in [0.15, 0.2) is 0 Å². The highest BCUT2D eigenvalue weighted by molar-refractivity contribution is 6.03. The molecule has 0 aliphatic carbocycles. The fourth-order valence-corrected chi connectivity index (χ4v) is 3.68. The Morgan fingerprint density at radius 3 is 2.92 bits per heavy atom. The number of aromatic amines is 1. The van der Waals surface area contributed by atoms with Crippen LogP contribution in [-0.2, 0) is 14.3 Å². The van der Waals surface area contributed by atoms with Gasteiger partial charge in [-0.2, -0.15) is 0 Å². The third-order valence-electron chi connectivity index (χ3n) is 5.13. The number of fused-ring (bicyclic) bond motifs is 1. The Kier molecular flexibility index (Phi) is 3.48. The maximum Gasteiger partial charge on any atom is 0.340 e. The molecule has 1 atom stereocenters. The lowest BCUT2D eigenvalue weighted by Crippen LogP contribution is -2.50. The number of rotatable bonds is 2. The molecule has 1 aromatic heterocycles. The third kappa shape index (κ3) is 2.45. The van der Waals surface area contributed by atoms with Crippen molar-refractivity contribution in [2.75, 3.05) is 25.1 Å². The molecule has 2 saturated heterocycles. The van der Waals surface area contributed by atoms with Crippen LogP contribution >= 0.6 is 0 Å². The average Bonchev–Trinajstić information content (AvgIpc) is 3.22. The van der Waals surface area contributed by atoms with E-state index in [1.54, 1.807) is 12.1 Å². The summed E-state index contributed by atoms with van der Waals surface area (Å²) in [5, 5.41) is 2.45. The molecule has 130 valence electrons. The highest BCUT2D eigenvalue weighted by Gasteiger charge is 2.48. The van der Waals surface area contributed by atoms with E-state index < -0.39 is 11.4 Å². The Hall–Kier alpha value is -2.90. The number of methoxy groups -OCH3 is 1. The van der Waals surface area contributed by atoms with Crippen molar-refractivity contribution in [3.63, 3.8) is 0 Å². The number of carbonyl (C=O) groups excluding carboxylic acids is 3. The van der Waals surface area contributed by atoms with Gasteiger partial charge >= 0.3 is 5.97 Å². The molecule has 3 heterocycles. The van der Waals surface area contributed by atoms with E-state index in [0.29, 0.717) is 54.9 Å². The second-order valence-electron chi connectivity index (χ2n) is 6.58. The van der Waals surface area contributed by atoms with Gasteiger partial charge in [-0.3, -0.25) is 14.9 Å². The van der Waals surface area contributed by atoms with Crippen molar-refractivity contribution in [3.05, 3.63) is 23.8 Å². The molecule has 1 unspecified atom stereocenters. The normalized spacial score (nSPS) is 23.3. The Labute approximate surface area is 143 Å². The zero-order valence-corrected chi connectivity index (χ0v) is 13.8. The summed E-state index contributed by atoms with van der Waals surface area (Å²) >= 11 is 0. The van der Waals surface area contributed by atoms with Gasteiger partial charge in [0.05, 0.1) is 29.1 Å². The lowest BCUT2D eigenvalue weighted by atomic mass is 9.79. The molecule has 1 spiro atoms. The van der Waals surface area contributed by atoms with E-state index in [0.717, 1.165) is 0 Å². The molecule has 0 bridgehead atoms. The van der Waals surface area contributed by atoms with Crippen LogP contribution in [0.3, 0.4) is 0 Å². The molecular formula is C17H18N4O4. The van der Waals surface area contributed by atoms with Gasteiger partial charge in [-0.15, -0.1) is 0 Å². The Morgan fingerprint density at radius 1 is 1.32 bits per heavy atom. The summed E-state index contributed by atoms with van der Waals surface area (Å²) in [6.07, 6.45) is 1.60. The maximum atomic E-state index is 12.3. The predicted octanol–water partition coefficient (Wildman–Crippen LogP) is 0.983. The van der Waals surface area contributed by atoms with Crippen LogP contribution in [0.1, 0.15) is 29.6 Å². The van der Waals surface area contributed by atoms with Crippen LogP contribution in [0.5, 0.6) is 0 Å². The summed E-state index contributed by atoms with van der Waals surface area (Å²) in [7, 11) is 1.34. The van der Waals surface area contributed by atoms with E-state index in [2.05, 4.69) is 15.3 Å². The summed E-state index contributed by atoms with van der Waals surface area (Å²) < 4.78 is 4.81. The van der Waals surface area contributed by atoms with E-state index in [1.807, 2.05) is 11.0 Å². The van der Waals surface area contributed by atoms with Crippen molar-refractivity contribution in [3.8, 4) is 0 Å². The van der Waals surface area contributed by atoms with Gasteiger partial charge in [-0.1, -0.05) is 6.07 Å². The lowest BCUT2D eigenvalue weighted by Gasteiger charge is -2.31. The number of H-pyrrole nitrogens is 1. The third-order valence-corrected chi connectivity index (χ3v) is 5.13. The second-order valence-corrected chi connectivity index (χ2v) is 6.58. The molecule has 2 aliphatic rings. The molecular weight excluding hydrogens is 324 g/mol. The number of benzene rings is 1. The minimum Gasteiger partial charge on any atom is -0.465 e. The lowest BCUT2D eigenvalue weighted by molar-refractivity contribution is -0.140. The number of nitrogens with zero attached hydrogens (tertiary/aromatic N) is 2. The molecule has 0 saturated carbocycles. The van der Waals surface area contributed by atoms with E-state index in [1.165, 1.54) is 7.11 Å². The molecule has 2 amide bonds. The highest BCUT2D eigenvalue weighted by Crippen LogP contribution is 2.39. The van der Waals surface area contributed by atoms with Crippen LogP contribution in [0.2, 0.25) is 0 Å². The molecule has 25 heavy (non-hydrogen) atoms. The minimum atomic E-state index is -0.544. The molecule has 8 nitrogen and oxygen atoms in total. The molecule has 2 fully saturated rings. The van der Waals surface area contributed by atoms with Gasteiger partial charge in [0.2, 0.25) is 17.8 Å². The van der Waals surface area contributed by atoms with Gasteiger partial charge in [-0.05, 0) is 25.0 Å². The van der Waals surface area contributed by atoms with Crippen LogP contribution < -0.4 is 10.2 Å². The number of piperidine rings is 1. The smallest absolute Gasteiger partial charge is 0.340 e. The molecule has 4 rings (SSSR count). The number of hydrogen-bond donors (Lipinski definition) is 2. The summed E-state index contributed by atoms with van der Waals surface area (Å²) in [4.78, 5) is 45.4. The van der Waals surface area contributed by atoms with Crippen LogP contribution in [0, 0.1) is 5.41 Å². The second kappa shape index (κ2) is 5.58. The van der Waals surface area contributed by atoms with Crippen molar-refractivity contribution in [1.29, 1.82) is 0 Å². The summed E-state index contributed by atoms with van der Waals surface area (Å²) in [5.74, 6) is -0.213. The Bertz CT molecular complexity index is 890. The predicted molar refractivity (Wildman–Crippen MR) is 89.1 cm³/mol. The number of hydrogen-bond acceptors (Lipinski definition) is 6. The standard InChI is InChI=1S/C17H18N4O4/c1-25-14(23)10-3-2-4-11-13(10)20-16(18-11)21-8-7-17(9-21)6-5-12(22)19-15(17)24/h2-4H,5-9H2,1H3,(H,18,20)(H,19,22,24). The van der Waals surface area contributed by atoms with Gasteiger partial charge in [0, 0.05) is 19.5 Å². The van der Waals surface area contributed by atoms with Crippen LogP contribution in [0.15, 0.2) is 18.2 Å². The fourth-order valence-electron chi connectivity index (χ4n) is 3.68. The Morgan fingerprint density at radius 2 is 2.16 bits per heavy atom. The molecule has 0 radical (unpaired) electrons. The molecule has 2 N–H and O–H groups in total. The number of anilines is 1. The Balaban J connectivity index is 1.64. The number of amides is 2. The van der Waals surface area contributed by atoms with Crippen molar-refractivity contribution in [2.24, 2.45) is 5.41 Å². The molecule has 8 heteroatoms. The summed E-state index contributed by atoms with van der Waals surface area (Å²) in [5.41, 5.74) is 1.17. The number of imidazole rings is 1. The number of nitrogens with one attached hydrogen (secondary N) is 2. The number of carbonyl (C=O) groups is 3. The molecule has 2 aromatic rings. The van der Waals surface area contributed by atoms with Crippen LogP contribution in [-0.4, -0.2) is 48.0 Å². The van der Waals surface area contributed by atoms with Gasteiger partial charge in [0.25, 0.3) is 0 Å². The van der Waals surface area contributed by atoms with E-state index in [4.69, 9.17) is 4.74 Å². The number of esters is 1. The number of para-hydroxylation sites is 1. The minimum absolute atomic E-state index is 0.197. The first-order valence-electron chi connectivity index (χ1n) is 8.19. The van der Waals surface area contributed by atoms with Crippen molar-refractivity contribution in [1.82, 2.24) is 15.3 Å². The van der Waals surface area contributed by atoms with Crippen LogP contribution in [0.4, 0.5) is 5.95 Å². The number of aromatic nitrogens is 2. The monoisotopic (exact) mass is 342 g/mol.